The molecule has 0 saturated heterocycles. The molecule has 0 aliphatic heterocycles. The Hall–Kier alpha value is -2.87. The van der Waals surface area contributed by atoms with E-state index in [-0.39, 0.29) is 18.4 Å². The van der Waals surface area contributed by atoms with E-state index in [1.54, 1.807) is 12.1 Å². The van der Waals surface area contributed by atoms with Crippen LogP contribution in [0.1, 0.15) is 42.1 Å². The van der Waals surface area contributed by atoms with Crippen LogP contribution in [0.3, 0.4) is 0 Å². The number of hydrogen-bond acceptors (Lipinski definition) is 4. The van der Waals surface area contributed by atoms with Crippen molar-refractivity contribution in [1.29, 1.82) is 0 Å². The number of amides is 1. The highest BCUT2D eigenvalue weighted by molar-refractivity contribution is 7.86. The summed E-state index contributed by atoms with van der Waals surface area (Å²) in [7, 11) is -4.23. The van der Waals surface area contributed by atoms with E-state index in [1.807, 2.05) is 67.6 Å². The molecule has 1 saturated carbocycles. The van der Waals surface area contributed by atoms with Crippen molar-refractivity contribution in [3.63, 3.8) is 0 Å². The van der Waals surface area contributed by atoms with E-state index < -0.39 is 21.5 Å². The summed E-state index contributed by atoms with van der Waals surface area (Å²) in [5.41, 5.74) is 4.32. The van der Waals surface area contributed by atoms with Gasteiger partial charge in [0, 0.05) is 10.7 Å². The first-order chi connectivity index (χ1) is 17.2. The number of halogens is 1. The van der Waals surface area contributed by atoms with Gasteiger partial charge in [-0.15, -0.1) is 0 Å². The Morgan fingerprint density at radius 1 is 0.944 bits per heavy atom. The number of aryl methyl sites for hydroxylation is 1. The Morgan fingerprint density at radius 2 is 1.50 bits per heavy atom. The maximum atomic E-state index is 12.3. The van der Waals surface area contributed by atoms with Crippen LogP contribution in [-0.4, -0.2) is 25.7 Å². The Bertz CT molecular complexity index is 1270. The molecule has 1 aliphatic rings. The molecule has 2 N–H and O–H groups in total. The van der Waals surface area contributed by atoms with E-state index in [0.29, 0.717) is 29.1 Å². The quantitative estimate of drug-likeness (QED) is 0.314. The lowest BCUT2D eigenvalue weighted by Gasteiger charge is -2.32. The summed E-state index contributed by atoms with van der Waals surface area (Å²) in [6, 6.07) is 22.3. The van der Waals surface area contributed by atoms with Gasteiger partial charge in [-0.05, 0) is 85.4 Å². The molecule has 1 unspecified atom stereocenters. The molecule has 1 aliphatic carbocycles. The van der Waals surface area contributed by atoms with Crippen molar-refractivity contribution in [3.8, 4) is 11.1 Å². The molecule has 1 atom stereocenters. The van der Waals surface area contributed by atoms with Gasteiger partial charge in [0.05, 0.1) is 6.61 Å². The minimum atomic E-state index is -4.23. The van der Waals surface area contributed by atoms with Gasteiger partial charge in [-0.3, -0.25) is 9.87 Å². The Kier molecular flexibility index (Phi) is 8.34. The first-order valence-corrected chi connectivity index (χ1v) is 13.9. The summed E-state index contributed by atoms with van der Waals surface area (Å²) < 4.78 is 39.7. The molecular weight excluding hydrogens is 498 g/mol. The number of carbonyl (C=O) groups is 1. The van der Waals surface area contributed by atoms with Crippen LogP contribution in [-0.2, 0) is 14.9 Å². The zero-order valence-corrected chi connectivity index (χ0v) is 21.6. The topological polar surface area (TPSA) is 92.7 Å². The van der Waals surface area contributed by atoms with Crippen LogP contribution in [0.25, 0.3) is 11.1 Å². The van der Waals surface area contributed by atoms with Gasteiger partial charge in [-0.1, -0.05) is 65.7 Å². The van der Waals surface area contributed by atoms with Crippen LogP contribution < -0.4 is 5.32 Å². The average molecular weight is 528 g/mol. The summed E-state index contributed by atoms with van der Waals surface area (Å²) in [4.78, 5) is 12.3. The molecule has 8 heteroatoms. The molecule has 1 amide bonds. The van der Waals surface area contributed by atoms with Crippen molar-refractivity contribution in [2.45, 2.75) is 37.9 Å². The Labute approximate surface area is 217 Å². The average Bonchev–Trinajstić information content (AvgIpc) is 2.85. The highest BCUT2D eigenvalue weighted by atomic mass is 35.5. The standard InChI is InChI=1S/C28H30ClNO5S/c1-19-2-6-23(7-3-19)27(36(32,33)34)24-8-4-20(5-9-24)18-35-28(31)30-26-16-12-22(13-17-26)21-10-14-25(29)15-11-21/h2-3,6-7,10-17,20,24,27H,4-5,8-9,18H2,1H3,(H,30,31)(H,32,33,34). The molecule has 0 aromatic heterocycles. The number of ether oxygens (including phenoxy) is 1. The van der Waals surface area contributed by atoms with Crippen LogP contribution >= 0.6 is 11.6 Å². The van der Waals surface area contributed by atoms with Crippen LogP contribution in [0.5, 0.6) is 0 Å². The highest BCUT2D eigenvalue weighted by Gasteiger charge is 2.36. The summed E-state index contributed by atoms with van der Waals surface area (Å²) >= 11 is 5.94. The summed E-state index contributed by atoms with van der Waals surface area (Å²) in [5.74, 6) is -0.0220. The van der Waals surface area contributed by atoms with Crippen molar-refractivity contribution < 1.29 is 22.5 Å². The number of nitrogens with one attached hydrogen (secondary N) is 1. The summed E-state index contributed by atoms with van der Waals surface area (Å²) in [6.45, 7) is 2.20. The monoisotopic (exact) mass is 527 g/mol. The molecule has 3 aromatic rings. The third-order valence-electron chi connectivity index (χ3n) is 6.81. The molecule has 36 heavy (non-hydrogen) atoms. The maximum Gasteiger partial charge on any atom is 0.411 e. The zero-order chi connectivity index (χ0) is 25.7. The fraction of sp³-hybridized carbons (Fsp3) is 0.321. The third-order valence-corrected chi connectivity index (χ3v) is 8.36. The molecule has 0 spiro atoms. The molecular formula is C28H30ClNO5S. The fourth-order valence-electron chi connectivity index (χ4n) is 4.84. The zero-order valence-electron chi connectivity index (χ0n) is 20.1. The normalized spacial score (nSPS) is 18.9. The van der Waals surface area contributed by atoms with E-state index in [0.717, 1.165) is 29.5 Å². The largest absolute Gasteiger partial charge is 0.449 e. The van der Waals surface area contributed by atoms with Crippen LogP contribution in [0.2, 0.25) is 5.02 Å². The van der Waals surface area contributed by atoms with Gasteiger partial charge in [-0.2, -0.15) is 8.42 Å². The predicted octanol–water partition coefficient (Wildman–Crippen LogP) is 7.30. The molecule has 0 heterocycles. The van der Waals surface area contributed by atoms with Gasteiger partial charge in [0.25, 0.3) is 10.1 Å². The number of rotatable bonds is 7. The van der Waals surface area contributed by atoms with Crippen molar-refractivity contribution in [1.82, 2.24) is 0 Å². The summed E-state index contributed by atoms with van der Waals surface area (Å²) in [5, 5.41) is 2.49. The minimum absolute atomic E-state index is 0.152. The van der Waals surface area contributed by atoms with E-state index in [1.165, 1.54) is 0 Å². The van der Waals surface area contributed by atoms with Crippen molar-refractivity contribution in [2.75, 3.05) is 11.9 Å². The lowest BCUT2D eigenvalue weighted by atomic mass is 9.79. The van der Waals surface area contributed by atoms with Crippen molar-refractivity contribution >= 4 is 33.5 Å². The van der Waals surface area contributed by atoms with Gasteiger partial charge in [-0.25, -0.2) is 4.79 Å². The Morgan fingerprint density at radius 3 is 2.06 bits per heavy atom. The summed E-state index contributed by atoms with van der Waals surface area (Å²) in [6.07, 6.45) is 2.21. The second-order valence-corrected chi connectivity index (χ2v) is 11.4. The first-order valence-electron chi connectivity index (χ1n) is 12.0. The molecule has 1 fully saturated rings. The lowest BCUT2D eigenvalue weighted by Crippen LogP contribution is -2.28. The van der Waals surface area contributed by atoms with E-state index in [2.05, 4.69) is 5.32 Å². The second kappa shape index (κ2) is 11.5. The van der Waals surface area contributed by atoms with E-state index >= 15 is 0 Å². The molecule has 190 valence electrons. The number of hydrogen-bond donors (Lipinski definition) is 2. The SMILES string of the molecule is Cc1ccc(C(C2CCC(COC(=O)Nc3ccc(-c4ccc(Cl)cc4)cc3)CC2)S(=O)(=O)O)cc1. The number of carbonyl (C=O) groups excluding carboxylic acids is 1. The molecule has 6 nitrogen and oxygen atoms in total. The molecule has 0 radical (unpaired) electrons. The number of benzene rings is 3. The van der Waals surface area contributed by atoms with Gasteiger partial charge in [0.1, 0.15) is 5.25 Å². The third kappa shape index (κ3) is 6.87. The van der Waals surface area contributed by atoms with Crippen LogP contribution in [0.4, 0.5) is 10.5 Å². The molecule has 4 rings (SSSR count). The minimum Gasteiger partial charge on any atom is -0.449 e. The predicted molar refractivity (Wildman–Crippen MR) is 143 cm³/mol. The molecule has 0 bridgehead atoms. The van der Waals surface area contributed by atoms with Gasteiger partial charge in [0.15, 0.2) is 0 Å². The Balaban J connectivity index is 1.26. The second-order valence-electron chi connectivity index (χ2n) is 9.43. The fourth-order valence-corrected chi connectivity index (χ4v) is 6.22. The van der Waals surface area contributed by atoms with Crippen LogP contribution in [0, 0.1) is 18.8 Å². The van der Waals surface area contributed by atoms with Gasteiger partial charge < -0.3 is 4.74 Å². The van der Waals surface area contributed by atoms with Crippen molar-refractivity contribution in [3.05, 3.63) is 88.9 Å². The maximum absolute atomic E-state index is 12.3. The smallest absolute Gasteiger partial charge is 0.411 e. The van der Waals surface area contributed by atoms with Gasteiger partial charge >= 0.3 is 6.09 Å². The lowest BCUT2D eigenvalue weighted by molar-refractivity contribution is 0.119. The van der Waals surface area contributed by atoms with E-state index in [4.69, 9.17) is 16.3 Å². The highest BCUT2D eigenvalue weighted by Crippen LogP contribution is 2.41. The molecule has 3 aromatic carbocycles. The van der Waals surface area contributed by atoms with E-state index in [9.17, 15) is 17.8 Å². The van der Waals surface area contributed by atoms with Crippen molar-refractivity contribution in [2.24, 2.45) is 11.8 Å². The first kappa shape index (κ1) is 26.2. The number of anilines is 1. The van der Waals surface area contributed by atoms with Gasteiger partial charge in [0.2, 0.25) is 0 Å². The van der Waals surface area contributed by atoms with Crippen LogP contribution in [0.15, 0.2) is 72.8 Å².